The lowest BCUT2D eigenvalue weighted by Crippen LogP contribution is -3.00. The molecule has 0 aliphatic rings. The maximum atomic E-state index is 5.32. The molecule has 11 heavy (non-hydrogen) atoms. The number of halogens is 2. The minimum absolute atomic E-state index is 0. The minimum atomic E-state index is 0. The molecular formula is C6H11Cl2N3-2. The van der Waals surface area contributed by atoms with Gasteiger partial charge in [0.2, 0.25) is 0 Å². The van der Waals surface area contributed by atoms with Crippen LogP contribution in [0.2, 0.25) is 0 Å². The number of aromatic nitrogens is 2. The van der Waals surface area contributed by atoms with Gasteiger partial charge in [0.1, 0.15) is 0 Å². The Morgan fingerprint density at radius 3 is 2.55 bits per heavy atom. The normalized spacial score (nSPS) is 8.18. The number of imidazole rings is 1. The second kappa shape index (κ2) is 6.46. The molecule has 2 N–H and O–H groups in total. The zero-order valence-corrected chi connectivity index (χ0v) is 7.81. The fourth-order valence-corrected chi connectivity index (χ4v) is 0.744. The summed E-state index contributed by atoms with van der Waals surface area (Å²) in [5.41, 5.74) is 6.39. The van der Waals surface area contributed by atoms with Crippen molar-refractivity contribution in [1.29, 1.82) is 0 Å². The Labute approximate surface area is 78.8 Å². The second-order valence-corrected chi connectivity index (χ2v) is 2.07. The molecule has 1 heterocycles. The SMILES string of the molecule is Cn1cnc(CCN)c1.[Cl-].[Cl-]. The van der Waals surface area contributed by atoms with Gasteiger partial charge in [-0.1, -0.05) is 0 Å². The smallest absolute Gasteiger partial charge is 0.0946 e. The van der Waals surface area contributed by atoms with Crippen LogP contribution in [-0.2, 0) is 13.5 Å². The topological polar surface area (TPSA) is 43.8 Å². The Balaban J connectivity index is 0. The fourth-order valence-electron chi connectivity index (χ4n) is 0.744. The largest absolute Gasteiger partial charge is 1.00 e. The van der Waals surface area contributed by atoms with E-state index in [1.807, 2.05) is 17.8 Å². The zero-order chi connectivity index (χ0) is 6.69. The van der Waals surface area contributed by atoms with Crippen LogP contribution >= 0.6 is 0 Å². The quantitative estimate of drug-likeness (QED) is 0.511. The molecule has 0 unspecified atom stereocenters. The van der Waals surface area contributed by atoms with E-state index in [1.54, 1.807) is 6.33 Å². The maximum Gasteiger partial charge on any atom is 0.0946 e. The standard InChI is InChI=1S/C6H11N3.2ClH/c1-9-4-6(2-3-7)8-5-9;;/h4-5H,2-3,7H2,1H3;2*1H/p-2. The van der Waals surface area contributed by atoms with Crippen LogP contribution in [0.25, 0.3) is 0 Å². The molecule has 0 saturated carbocycles. The first-order chi connectivity index (χ1) is 4.33. The Morgan fingerprint density at radius 2 is 2.18 bits per heavy atom. The van der Waals surface area contributed by atoms with Gasteiger partial charge in [-0.3, -0.25) is 0 Å². The van der Waals surface area contributed by atoms with E-state index in [2.05, 4.69) is 4.98 Å². The van der Waals surface area contributed by atoms with Crippen molar-refractivity contribution in [2.45, 2.75) is 6.42 Å². The van der Waals surface area contributed by atoms with E-state index in [1.165, 1.54) is 0 Å². The van der Waals surface area contributed by atoms with Gasteiger partial charge < -0.3 is 35.1 Å². The summed E-state index contributed by atoms with van der Waals surface area (Å²) < 4.78 is 1.92. The van der Waals surface area contributed by atoms with Crippen molar-refractivity contribution in [2.24, 2.45) is 12.8 Å². The Hall–Kier alpha value is -0.250. The average molecular weight is 196 g/mol. The van der Waals surface area contributed by atoms with Gasteiger partial charge in [0.05, 0.1) is 12.0 Å². The summed E-state index contributed by atoms with van der Waals surface area (Å²) in [6.07, 6.45) is 4.64. The van der Waals surface area contributed by atoms with Crippen LogP contribution in [0.4, 0.5) is 0 Å². The van der Waals surface area contributed by atoms with Gasteiger partial charge in [-0.25, -0.2) is 4.98 Å². The van der Waals surface area contributed by atoms with Gasteiger partial charge in [-0.15, -0.1) is 0 Å². The molecule has 0 amide bonds. The molecule has 1 aromatic rings. The first-order valence-corrected chi connectivity index (χ1v) is 3.00. The van der Waals surface area contributed by atoms with Crippen LogP contribution in [0.5, 0.6) is 0 Å². The van der Waals surface area contributed by atoms with E-state index in [4.69, 9.17) is 5.73 Å². The first-order valence-electron chi connectivity index (χ1n) is 3.00. The highest BCUT2D eigenvalue weighted by atomic mass is 35.5. The number of rotatable bonds is 2. The van der Waals surface area contributed by atoms with E-state index in [0.29, 0.717) is 6.54 Å². The van der Waals surface area contributed by atoms with Gasteiger partial charge in [0.25, 0.3) is 0 Å². The van der Waals surface area contributed by atoms with E-state index >= 15 is 0 Å². The summed E-state index contributed by atoms with van der Waals surface area (Å²) in [5.74, 6) is 0. The van der Waals surface area contributed by atoms with Gasteiger partial charge in [0, 0.05) is 19.7 Å². The molecule has 0 fully saturated rings. The molecule has 66 valence electrons. The molecule has 0 saturated heterocycles. The number of hydrogen-bond acceptors (Lipinski definition) is 2. The van der Waals surface area contributed by atoms with Crippen LogP contribution in [0.1, 0.15) is 5.69 Å². The number of nitrogens with zero attached hydrogens (tertiary/aromatic N) is 2. The summed E-state index contributed by atoms with van der Waals surface area (Å²) in [5, 5.41) is 0. The summed E-state index contributed by atoms with van der Waals surface area (Å²) in [6, 6.07) is 0. The summed E-state index contributed by atoms with van der Waals surface area (Å²) in [7, 11) is 1.95. The lowest BCUT2D eigenvalue weighted by atomic mass is 10.3. The Bertz CT molecular complexity index is 188. The first kappa shape index (κ1) is 13.3. The van der Waals surface area contributed by atoms with E-state index in [0.717, 1.165) is 12.1 Å². The Morgan fingerprint density at radius 1 is 1.55 bits per heavy atom. The molecule has 0 bridgehead atoms. The lowest BCUT2D eigenvalue weighted by molar-refractivity contribution is -0.001000. The van der Waals surface area contributed by atoms with E-state index in [-0.39, 0.29) is 24.8 Å². The second-order valence-electron chi connectivity index (χ2n) is 2.07. The van der Waals surface area contributed by atoms with Crippen LogP contribution in [0.15, 0.2) is 12.5 Å². The van der Waals surface area contributed by atoms with Crippen molar-refractivity contribution in [2.75, 3.05) is 6.54 Å². The highest BCUT2D eigenvalue weighted by Gasteiger charge is 1.91. The van der Waals surface area contributed by atoms with Gasteiger partial charge in [-0.2, -0.15) is 0 Å². The molecular weight excluding hydrogens is 185 g/mol. The third-order valence-corrected chi connectivity index (χ3v) is 1.16. The molecule has 0 spiro atoms. The van der Waals surface area contributed by atoms with Crippen molar-refractivity contribution in [1.82, 2.24) is 9.55 Å². The van der Waals surface area contributed by atoms with E-state index in [9.17, 15) is 0 Å². The zero-order valence-electron chi connectivity index (χ0n) is 6.30. The minimum Gasteiger partial charge on any atom is -1.00 e. The van der Waals surface area contributed by atoms with Crippen LogP contribution in [-0.4, -0.2) is 16.1 Å². The summed E-state index contributed by atoms with van der Waals surface area (Å²) in [6.45, 7) is 0.678. The molecule has 3 nitrogen and oxygen atoms in total. The number of aryl methyl sites for hydroxylation is 1. The molecule has 0 radical (unpaired) electrons. The molecule has 0 aliphatic heterocycles. The Kier molecular flexibility index (Phi) is 7.84. The molecule has 1 aromatic heterocycles. The van der Waals surface area contributed by atoms with Crippen LogP contribution in [0, 0.1) is 0 Å². The lowest BCUT2D eigenvalue weighted by Gasteiger charge is -1.86. The predicted molar refractivity (Wildman–Crippen MR) is 36.0 cm³/mol. The molecule has 0 atom stereocenters. The molecule has 0 aliphatic carbocycles. The highest BCUT2D eigenvalue weighted by Crippen LogP contribution is 1.92. The van der Waals surface area contributed by atoms with Crippen molar-refractivity contribution < 1.29 is 24.8 Å². The number of hydrogen-bond donors (Lipinski definition) is 1. The van der Waals surface area contributed by atoms with Gasteiger partial charge in [0.15, 0.2) is 0 Å². The number of nitrogens with two attached hydrogens (primary N) is 1. The van der Waals surface area contributed by atoms with Crippen LogP contribution < -0.4 is 30.5 Å². The highest BCUT2D eigenvalue weighted by molar-refractivity contribution is 4.95. The third kappa shape index (κ3) is 4.24. The molecule has 0 aromatic carbocycles. The van der Waals surface area contributed by atoms with Crippen molar-refractivity contribution >= 4 is 0 Å². The maximum absolute atomic E-state index is 5.32. The van der Waals surface area contributed by atoms with Crippen molar-refractivity contribution in [3.8, 4) is 0 Å². The van der Waals surface area contributed by atoms with Crippen molar-refractivity contribution in [3.05, 3.63) is 18.2 Å². The van der Waals surface area contributed by atoms with Gasteiger partial charge >= 0.3 is 0 Å². The molecule has 1 rings (SSSR count). The van der Waals surface area contributed by atoms with Crippen molar-refractivity contribution in [3.63, 3.8) is 0 Å². The fraction of sp³-hybridized carbons (Fsp3) is 0.500. The predicted octanol–water partition coefficient (Wildman–Crippen LogP) is -6.07. The summed E-state index contributed by atoms with van der Waals surface area (Å²) >= 11 is 0. The summed E-state index contributed by atoms with van der Waals surface area (Å²) in [4.78, 5) is 4.09. The molecule has 5 heteroatoms. The van der Waals surface area contributed by atoms with Crippen LogP contribution in [0.3, 0.4) is 0 Å². The van der Waals surface area contributed by atoms with Gasteiger partial charge in [-0.05, 0) is 6.54 Å². The monoisotopic (exact) mass is 195 g/mol. The van der Waals surface area contributed by atoms with E-state index < -0.39 is 0 Å². The third-order valence-electron chi connectivity index (χ3n) is 1.16. The average Bonchev–Trinajstić information content (AvgIpc) is 2.17.